The van der Waals surface area contributed by atoms with Gasteiger partial charge in [0.15, 0.2) is 0 Å². The number of amides is 1. The number of carbonyl (C=O) groups excluding carboxylic acids is 1. The van der Waals surface area contributed by atoms with Crippen molar-refractivity contribution in [2.24, 2.45) is 7.05 Å². The van der Waals surface area contributed by atoms with Crippen LogP contribution in [0.4, 0.5) is 0 Å². The molecule has 0 radical (unpaired) electrons. The number of hydrogen-bond donors (Lipinski definition) is 1. The molecule has 2 aromatic rings. The van der Waals surface area contributed by atoms with E-state index in [1.165, 1.54) is 4.90 Å². The number of rotatable bonds is 6. The fourth-order valence-corrected chi connectivity index (χ4v) is 2.37. The Kier molecular flexibility index (Phi) is 4.65. The Balaban J connectivity index is 2.09. The van der Waals surface area contributed by atoms with Crippen LogP contribution in [0.1, 0.15) is 12.8 Å². The third-order valence-corrected chi connectivity index (χ3v) is 3.69. The third kappa shape index (κ3) is 3.19. The zero-order valence-electron chi connectivity index (χ0n) is 12.7. The van der Waals surface area contributed by atoms with Gasteiger partial charge in [0, 0.05) is 33.6 Å². The van der Waals surface area contributed by atoms with Crippen molar-refractivity contribution in [2.75, 3.05) is 13.6 Å². The predicted octanol–water partition coefficient (Wildman–Crippen LogP) is 0.663. The van der Waals surface area contributed by atoms with Crippen LogP contribution in [0.2, 0.25) is 0 Å². The van der Waals surface area contributed by atoms with Crippen molar-refractivity contribution in [1.29, 1.82) is 0 Å². The first-order valence-electron chi connectivity index (χ1n) is 7.02. The zero-order chi connectivity index (χ0) is 16.3. The summed E-state index contributed by atoms with van der Waals surface area (Å²) < 4.78 is 3.12. The number of nitrogens with zero attached hydrogens (tertiary/aromatic N) is 3. The Morgan fingerprint density at radius 2 is 1.82 bits per heavy atom. The molecule has 0 bridgehead atoms. The van der Waals surface area contributed by atoms with Crippen LogP contribution in [0.3, 0.4) is 0 Å². The highest BCUT2D eigenvalue weighted by atomic mass is 16.4. The molecule has 0 saturated heterocycles. The van der Waals surface area contributed by atoms with Crippen molar-refractivity contribution in [1.82, 2.24) is 14.0 Å². The van der Waals surface area contributed by atoms with Crippen molar-refractivity contribution in [3.05, 3.63) is 34.7 Å². The first-order valence-corrected chi connectivity index (χ1v) is 7.02. The molecule has 1 aromatic carbocycles. The molecule has 0 spiro atoms. The maximum atomic E-state index is 12.2. The Morgan fingerprint density at radius 1 is 1.18 bits per heavy atom. The van der Waals surface area contributed by atoms with Crippen LogP contribution < -0.4 is 5.69 Å². The molecule has 0 fully saturated rings. The summed E-state index contributed by atoms with van der Waals surface area (Å²) in [7, 11) is 3.26. The second-order valence-corrected chi connectivity index (χ2v) is 5.19. The fraction of sp³-hybridized carbons (Fsp3) is 0.400. The maximum absolute atomic E-state index is 12.2. The summed E-state index contributed by atoms with van der Waals surface area (Å²) in [4.78, 5) is 36.1. The second kappa shape index (κ2) is 6.46. The van der Waals surface area contributed by atoms with Gasteiger partial charge in [-0.05, 0) is 12.1 Å². The Labute approximate surface area is 127 Å². The summed E-state index contributed by atoms with van der Waals surface area (Å²) in [5.41, 5.74) is 1.44. The number of benzene rings is 1. The number of fused-ring (bicyclic) bond motifs is 1. The Bertz CT molecular complexity index is 760. The van der Waals surface area contributed by atoms with Gasteiger partial charge in [0.2, 0.25) is 5.91 Å². The quantitative estimate of drug-likeness (QED) is 0.850. The number of aliphatic carboxylic acids is 1. The first kappa shape index (κ1) is 15.8. The summed E-state index contributed by atoms with van der Waals surface area (Å²) in [6.45, 7) is 0.440. The van der Waals surface area contributed by atoms with Gasteiger partial charge in [-0.2, -0.15) is 0 Å². The summed E-state index contributed by atoms with van der Waals surface area (Å²) in [6.07, 6.45) is 0.0699. The Hall–Kier alpha value is -2.57. The van der Waals surface area contributed by atoms with Crippen LogP contribution in [0.5, 0.6) is 0 Å². The largest absolute Gasteiger partial charge is 0.481 e. The molecule has 1 N–H and O–H groups in total. The normalized spacial score (nSPS) is 10.8. The van der Waals surface area contributed by atoms with Gasteiger partial charge in [-0.15, -0.1) is 0 Å². The smallest absolute Gasteiger partial charge is 0.328 e. The minimum Gasteiger partial charge on any atom is -0.481 e. The predicted molar refractivity (Wildman–Crippen MR) is 81.7 cm³/mol. The van der Waals surface area contributed by atoms with Crippen molar-refractivity contribution < 1.29 is 14.7 Å². The molecule has 7 heteroatoms. The number of carboxylic acids is 1. The van der Waals surface area contributed by atoms with Gasteiger partial charge in [-0.3, -0.25) is 18.7 Å². The number of aryl methyl sites for hydroxylation is 2. The SMILES string of the molecule is CN(CCC(=O)O)C(=O)CCn1c(=O)n(C)c2ccccc21. The molecule has 0 aliphatic rings. The number of hydrogen-bond acceptors (Lipinski definition) is 3. The third-order valence-electron chi connectivity index (χ3n) is 3.69. The average molecular weight is 305 g/mol. The topological polar surface area (TPSA) is 84.5 Å². The molecule has 1 aromatic heterocycles. The van der Waals surface area contributed by atoms with E-state index in [1.807, 2.05) is 24.3 Å². The first-order chi connectivity index (χ1) is 10.4. The van der Waals surface area contributed by atoms with Gasteiger partial charge in [-0.1, -0.05) is 12.1 Å². The molecule has 0 aliphatic carbocycles. The van der Waals surface area contributed by atoms with Gasteiger partial charge in [0.05, 0.1) is 17.5 Å². The van der Waals surface area contributed by atoms with Crippen LogP contribution >= 0.6 is 0 Å². The van der Waals surface area contributed by atoms with Crippen molar-refractivity contribution >= 4 is 22.9 Å². The van der Waals surface area contributed by atoms with E-state index >= 15 is 0 Å². The highest BCUT2D eigenvalue weighted by Crippen LogP contribution is 2.12. The molecular weight excluding hydrogens is 286 g/mol. The fourth-order valence-electron chi connectivity index (χ4n) is 2.37. The van der Waals surface area contributed by atoms with Crippen LogP contribution in [-0.2, 0) is 23.2 Å². The lowest BCUT2D eigenvalue weighted by molar-refractivity contribution is -0.138. The summed E-state index contributed by atoms with van der Waals surface area (Å²) in [5.74, 6) is -1.12. The van der Waals surface area contributed by atoms with E-state index < -0.39 is 5.97 Å². The molecule has 2 rings (SSSR count). The van der Waals surface area contributed by atoms with Crippen molar-refractivity contribution in [2.45, 2.75) is 19.4 Å². The lowest BCUT2D eigenvalue weighted by Crippen LogP contribution is -2.31. The molecule has 1 amide bonds. The van der Waals surface area contributed by atoms with Crippen LogP contribution in [-0.4, -0.2) is 44.6 Å². The molecule has 22 heavy (non-hydrogen) atoms. The molecule has 0 atom stereocenters. The number of carbonyl (C=O) groups is 2. The van der Waals surface area contributed by atoms with E-state index in [1.54, 1.807) is 23.2 Å². The standard InChI is InChI=1S/C15H19N3O4/c1-16(9-8-14(20)21)13(19)7-10-18-12-6-4-3-5-11(12)17(2)15(18)22/h3-6H,7-10H2,1-2H3,(H,20,21). The minimum absolute atomic E-state index is 0.0868. The minimum atomic E-state index is -0.940. The van der Waals surface area contributed by atoms with Gasteiger partial charge in [0.25, 0.3) is 0 Å². The van der Waals surface area contributed by atoms with E-state index in [9.17, 15) is 14.4 Å². The number of carboxylic acid groups (broad SMARTS) is 1. The van der Waals surface area contributed by atoms with Crippen molar-refractivity contribution in [3.8, 4) is 0 Å². The summed E-state index contributed by atoms with van der Waals surface area (Å²) in [6, 6.07) is 7.40. The highest BCUT2D eigenvalue weighted by Gasteiger charge is 2.14. The number of imidazole rings is 1. The molecule has 1 heterocycles. The van der Waals surface area contributed by atoms with Gasteiger partial charge >= 0.3 is 11.7 Å². The van der Waals surface area contributed by atoms with E-state index in [-0.39, 0.29) is 37.5 Å². The van der Waals surface area contributed by atoms with Crippen LogP contribution in [0, 0.1) is 0 Å². The second-order valence-electron chi connectivity index (χ2n) is 5.19. The van der Waals surface area contributed by atoms with E-state index in [0.717, 1.165) is 11.0 Å². The van der Waals surface area contributed by atoms with Gasteiger partial charge < -0.3 is 10.0 Å². The maximum Gasteiger partial charge on any atom is 0.328 e. The zero-order valence-corrected chi connectivity index (χ0v) is 12.7. The lowest BCUT2D eigenvalue weighted by atomic mass is 10.3. The van der Waals surface area contributed by atoms with E-state index in [2.05, 4.69) is 0 Å². The highest BCUT2D eigenvalue weighted by molar-refractivity contribution is 5.78. The molecule has 0 aliphatic heterocycles. The number of aromatic nitrogens is 2. The lowest BCUT2D eigenvalue weighted by Gasteiger charge is -2.16. The van der Waals surface area contributed by atoms with Crippen LogP contribution in [0.25, 0.3) is 11.0 Å². The van der Waals surface area contributed by atoms with Gasteiger partial charge in [0.1, 0.15) is 0 Å². The van der Waals surface area contributed by atoms with E-state index in [4.69, 9.17) is 5.11 Å². The van der Waals surface area contributed by atoms with E-state index in [0.29, 0.717) is 0 Å². The molecular formula is C15H19N3O4. The van der Waals surface area contributed by atoms with Crippen molar-refractivity contribution in [3.63, 3.8) is 0 Å². The molecule has 0 saturated carbocycles. The summed E-state index contributed by atoms with van der Waals surface area (Å²) >= 11 is 0. The average Bonchev–Trinajstić information content (AvgIpc) is 2.74. The number of para-hydroxylation sites is 2. The molecule has 118 valence electrons. The monoisotopic (exact) mass is 305 g/mol. The Morgan fingerprint density at radius 3 is 2.45 bits per heavy atom. The van der Waals surface area contributed by atoms with Gasteiger partial charge in [-0.25, -0.2) is 4.79 Å². The molecule has 0 unspecified atom stereocenters. The summed E-state index contributed by atoms with van der Waals surface area (Å²) in [5, 5.41) is 8.62. The van der Waals surface area contributed by atoms with Crippen LogP contribution in [0.15, 0.2) is 29.1 Å². The molecule has 7 nitrogen and oxygen atoms in total.